The van der Waals surface area contributed by atoms with Crippen LogP contribution in [0.1, 0.15) is 29.0 Å². The lowest BCUT2D eigenvalue weighted by Gasteiger charge is -2.36. The van der Waals surface area contributed by atoms with Gasteiger partial charge in [-0.25, -0.2) is 9.97 Å². The molecule has 3 heterocycles. The molecule has 3 aromatic rings. The van der Waals surface area contributed by atoms with Crippen LogP contribution in [0.25, 0.3) is 10.9 Å². The predicted molar refractivity (Wildman–Crippen MR) is 107 cm³/mol. The quantitative estimate of drug-likeness (QED) is 0.659. The first-order valence-corrected chi connectivity index (χ1v) is 10.0. The molecule has 1 aliphatic carbocycles. The largest absolute Gasteiger partial charge is 0.477 e. The smallest absolute Gasteiger partial charge is 0.259 e. The Bertz CT molecular complexity index is 1040. The molecule has 0 unspecified atom stereocenters. The fourth-order valence-electron chi connectivity index (χ4n) is 3.66. The molecular formula is C21H23N5O3. The zero-order valence-corrected chi connectivity index (χ0v) is 16.4. The van der Waals surface area contributed by atoms with E-state index in [-0.39, 0.29) is 5.91 Å². The zero-order chi connectivity index (χ0) is 19.8. The van der Waals surface area contributed by atoms with Crippen molar-refractivity contribution in [1.82, 2.24) is 20.0 Å². The van der Waals surface area contributed by atoms with Crippen LogP contribution in [0.2, 0.25) is 0 Å². The number of benzene rings is 1. The number of hydrogen-bond donors (Lipinski definition) is 0. The highest BCUT2D eigenvalue weighted by Crippen LogP contribution is 2.32. The van der Waals surface area contributed by atoms with Crippen LogP contribution in [0, 0.1) is 12.8 Å². The number of rotatable bonds is 5. The summed E-state index contributed by atoms with van der Waals surface area (Å²) in [5.74, 6) is 1.86. The third kappa shape index (κ3) is 3.62. The van der Waals surface area contributed by atoms with E-state index in [0.717, 1.165) is 36.3 Å². The molecule has 150 valence electrons. The van der Waals surface area contributed by atoms with E-state index < -0.39 is 0 Å². The number of hydrogen-bond acceptors (Lipinski definition) is 7. The Kier molecular flexibility index (Phi) is 4.54. The first-order chi connectivity index (χ1) is 14.2. The maximum atomic E-state index is 12.7. The second-order valence-corrected chi connectivity index (χ2v) is 7.71. The summed E-state index contributed by atoms with van der Waals surface area (Å²) in [6, 6.07) is 6.18. The number of piperazine rings is 1. The fourth-order valence-corrected chi connectivity index (χ4v) is 3.66. The number of aryl methyl sites for hydroxylation is 1. The molecule has 2 fully saturated rings. The third-order valence-corrected chi connectivity index (χ3v) is 5.65. The van der Waals surface area contributed by atoms with Crippen LogP contribution in [-0.4, -0.2) is 58.7 Å². The predicted octanol–water partition coefficient (Wildman–Crippen LogP) is 2.68. The van der Waals surface area contributed by atoms with E-state index >= 15 is 0 Å². The molecule has 1 saturated heterocycles. The monoisotopic (exact) mass is 393 g/mol. The summed E-state index contributed by atoms with van der Waals surface area (Å²) < 4.78 is 11.0. The van der Waals surface area contributed by atoms with Crippen LogP contribution < -0.4 is 9.64 Å². The van der Waals surface area contributed by atoms with Gasteiger partial charge in [0.2, 0.25) is 5.88 Å². The lowest BCUT2D eigenvalue weighted by Crippen LogP contribution is -2.48. The first kappa shape index (κ1) is 17.9. The molecule has 1 amide bonds. The molecule has 1 aromatic carbocycles. The number of ether oxygens (including phenoxy) is 1. The molecular weight excluding hydrogens is 370 g/mol. The maximum absolute atomic E-state index is 12.7. The minimum atomic E-state index is -0.0222. The highest BCUT2D eigenvalue weighted by atomic mass is 16.5. The summed E-state index contributed by atoms with van der Waals surface area (Å²) in [6.07, 6.45) is 5.54. The molecule has 8 heteroatoms. The van der Waals surface area contributed by atoms with Gasteiger partial charge >= 0.3 is 0 Å². The van der Waals surface area contributed by atoms with Gasteiger partial charge in [0.15, 0.2) is 0 Å². The van der Waals surface area contributed by atoms with Crippen LogP contribution >= 0.6 is 0 Å². The zero-order valence-electron chi connectivity index (χ0n) is 16.4. The molecule has 29 heavy (non-hydrogen) atoms. The van der Waals surface area contributed by atoms with E-state index in [2.05, 4.69) is 32.2 Å². The molecule has 0 radical (unpaired) electrons. The normalized spacial score (nSPS) is 17.0. The molecule has 2 aromatic heterocycles. The highest BCUT2D eigenvalue weighted by Gasteiger charge is 2.26. The molecule has 2 aliphatic rings. The molecule has 1 saturated carbocycles. The van der Waals surface area contributed by atoms with Crippen molar-refractivity contribution in [3.05, 3.63) is 42.0 Å². The van der Waals surface area contributed by atoms with Crippen molar-refractivity contribution in [2.24, 2.45) is 5.92 Å². The standard InChI is InChI=1S/C21H23N5O3/c1-14-18(11-24-29-14)21(27)26-8-6-25(7-9-26)16-4-5-19-17(10-16)20(23-13-22-19)28-12-15-2-3-15/h4-5,10-11,13,15H,2-3,6-9,12H2,1H3. The highest BCUT2D eigenvalue weighted by molar-refractivity contribution is 5.95. The van der Waals surface area contributed by atoms with Crippen molar-refractivity contribution < 1.29 is 14.1 Å². The van der Waals surface area contributed by atoms with Gasteiger partial charge in [0, 0.05) is 31.9 Å². The molecule has 0 N–H and O–H groups in total. The average Bonchev–Trinajstić information content (AvgIpc) is 3.50. The van der Waals surface area contributed by atoms with Crippen molar-refractivity contribution in [3.63, 3.8) is 0 Å². The van der Waals surface area contributed by atoms with Crippen molar-refractivity contribution >= 4 is 22.5 Å². The van der Waals surface area contributed by atoms with Gasteiger partial charge in [0.05, 0.1) is 23.7 Å². The van der Waals surface area contributed by atoms with Gasteiger partial charge in [-0.15, -0.1) is 0 Å². The Morgan fingerprint density at radius 3 is 2.76 bits per heavy atom. The second-order valence-electron chi connectivity index (χ2n) is 7.71. The van der Waals surface area contributed by atoms with Crippen molar-refractivity contribution in [2.75, 3.05) is 37.7 Å². The van der Waals surface area contributed by atoms with Crippen LogP contribution in [0.15, 0.2) is 35.2 Å². The number of aromatic nitrogens is 3. The maximum Gasteiger partial charge on any atom is 0.259 e. The summed E-state index contributed by atoms with van der Waals surface area (Å²) in [5, 5.41) is 4.64. The summed E-state index contributed by atoms with van der Waals surface area (Å²) in [4.78, 5) is 25.5. The van der Waals surface area contributed by atoms with E-state index in [0.29, 0.717) is 36.2 Å². The molecule has 5 rings (SSSR count). The molecule has 0 spiro atoms. The summed E-state index contributed by atoms with van der Waals surface area (Å²) in [7, 11) is 0. The van der Waals surface area contributed by atoms with Gasteiger partial charge in [-0.2, -0.15) is 0 Å². The molecule has 0 atom stereocenters. The summed E-state index contributed by atoms with van der Waals surface area (Å²) >= 11 is 0. The van der Waals surface area contributed by atoms with Crippen LogP contribution in [0.3, 0.4) is 0 Å². The Morgan fingerprint density at radius 2 is 2.03 bits per heavy atom. The van der Waals surface area contributed by atoms with E-state index in [9.17, 15) is 4.79 Å². The van der Waals surface area contributed by atoms with Crippen molar-refractivity contribution in [1.29, 1.82) is 0 Å². The molecule has 1 aliphatic heterocycles. The molecule has 8 nitrogen and oxygen atoms in total. The summed E-state index contributed by atoms with van der Waals surface area (Å²) in [6.45, 7) is 5.30. The Labute approximate surface area is 168 Å². The van der Waals surface area contributed by atoms with Gasteiger partial charge in [-0.1, -0.05) is 5.16 Å². The Balaban J connectivity index is 1.30. The van der Waals surface area contributed by atoms with Crippen molar-refractivity contribution in [3.8, 4) is 5.88 Å². The topological polar surface area (TPSA) is 84.6 Å². The van der Waals surface area contributed by atoms with Crippen molar-refractivity contribution in [2.45, 2.75) is 19.8 Å². The average molecular weight is 393 g/mol. The Hall–Kier alpha value is -3.16. The SMILES string of the molecule is Cc1oncc1C(=O)N1CCN(c2ccc3ncnc(OCC4CC4)c3c2)CC1. The fraction of sp³-hybridized carbons (Fsp3) is 0.429. The molecule has 0 bridgehead atoms. The number of anilines is 1. The van der Waals surface area contributed by atoms with E-state index in [1.54, 1.807) is 13.3 Å². The van der Waals surface area contributed by atoms with Gasteiger partial charge in [-0.05, 0) is 43.9 Å². The number of amides is 1. The van der Waals surface area contributed by atoms with Gasteiger partial charge in [-0.3, -0.25) is 4.79 Å². The van der Waals surface area contributed by atoms with E-state index in [1.807, 2.05) is 11.0 Å². The Morgan fingerprint density at radius 1 is 1.21 bits per heavy atom. The lowest BCUT2D eigenvalue weighted by atomic mass is 10.1. The number of fused-ring (bicyclic) bond motifs is 1. The number of carbonyl (C=O) groups is 1. The third-order valence-electron chi connectivity index (χ3n) is 5.65. The van der Waals surface area contributed by atoms with Crippen LogP contribution in [-0.2, 0) is 0 Å². The minimum absolute atomic E-state index is 0.0222. The van der Waals surface area contributed by atoms with E-state index in [1.165, 1.54) is 19.0 Å². The second kappa shape index (κ2) is 7.35. The van der Waals surface area contributed by atoms with E-state index in [4.69, 9.17) is 9.26 Å². The number of nitrogens with zero attached hydrogens (tertiary/aromatic N) is 5. The van der Waals surface area contributed by atoms with Crippen LogP contribution in [0.5, 0.6) is 5.88 Å². The van der Waals surface area contributed by atoms with Gasteiger partial charge < -0.3 is 19.1 Å². The van der Waals surface area contributed by atoms with Gasteiger partial charge in [0.25, 0.3) is 5.91 Å². The minimum Gasteiger partial charge on any atom is -0.477 e. The number of carbonyl (C=O) groups excluding carboxylic acids is 1. The lowest BCUT2D eigenvalue weighted by molar-refractivity contribution is 0.0745. The summed E-state index contributed by atoms with van der Waals surface area (Å²) in [5.41, 5.74) is 2.52. The van der Waals surface area contributed by atoms with Crippen LogP contribution in [0.4, 0.5) is 5.69 Å². The first-order valence-electron chi connectivity index (χ1n) is 10.0. The van der Waals surface area contributed by atoms with Gasteiger partial charge in [0.1, 0.15) is 17.7 Å².